The first kappa shape index (κ1) is 15.3. The van der Waals surface area contributed by atoms with Crippen LogP contribution in [0.5, 0.6) is 0 Å². The van der Waals surface area contributed by atoms with E-state index in [1.54, 1.807) is 0 Å². The van der Waals surface area contributed by atoms with Crippen LogP contribution in [0.1, 0.15) is 34.6 Å². The lowest BCUT2D eigenvalue weighted by Gasteiger charge is -2.38. The van der Waals surface area contributed by atoms with Gasteiger partial charge in [-0.05, 0) is 27.7 Å². The van der Waals surface area contributed by atoms with E-state index in [1.807, 2.05) is 11.8 Å². The van der Waals surface area contributed by atoms with Crippen LogP contribution in [-0.2, 0) is 0 Å². The van der Waals surface area contributed by atoms with Gasteiger partial charge in [0.1, 0.15) is 0 Å². The number of rotatable bonds is 4. The third-order valence-electron chi connectivity index (χ3n) is 3.33. The molecule has 0 spiro atoms. The van der Waals surface area contributed by atoms with Crippen LogP contribution < -0.4 is 5.32 Å². The molecule has 0 aromatic carbocycles. The van der Waals surface area contributed by atoms with E-state index in [0.717, 1.165) is 13.1 Å². The fraction of sp³-hybridized carbons (Fsp3) is 1.00. The van der Waals surface area contributed by atoms with Crippen molar-refractivity contribution in [2.75, 3.05) is 25.4 Å². The summed E-state index contributed by atoms with van der Waals surface area (Å²) >= 11 is 2.04. The number of β-amino-alcohol motifs (C(OH)–C–C–N with tert-alkyl or cyclic N) is 1. The van der Waals surface area contributed by atoms with Crippen molar-refractivity contribution in [2.24, 2.45) is 0 Å². The van der Waals surface area contributed by atoms with Crippen molar-refractivity contribution in [3.05, 3.63) is 0 Å². The van der Waals surface area contributed by atoms with Gasteiger partial charge in [0.25, 0.3) is 0 Å². The fourth-order valence-corrected chi connectivity index (χ4v) is 3.17. The van der Waals surface area contributed by atoms with Crippen molar-refractivity contribution >= 4 is 11.8 Å². The van der Waals surface area contributed by atoms with E-state index < -0.39 is 0 Å². The lowest BCUT2D eigenvalue weighted by molar-refractivity contribution is 0.0874. The van der Waals surface area contributed by atoms with Gasteiger partial charge in [-0.25, -0.2) is 0 Å². The molecule has 17 heavy (non-hydrogen) atoms. The molecule has 1 aliphatic rings. The zero-order chi connectivity index (χ0) is 13.1. The molecule has 1 heterocycles. The summed E-state index contributed by atoms with van der Waals surface area (Å²) < 4.78 is 0. The Balaban J connectivity index is 2.32. The van der Waals surface area contributed by atoms with Crippen molar-refractivity contribution in [3.8, 4) is 0 Å². The second-order valence-corrected chi connectivity index (χ2v) is 7.58. The van der Waals surface area contributed by atoms with Crippen LogP contribution in [0.25, 0.3) is 0 Å². The van der Waals surface area contributed by atoms with Crippen molar-refractivity contribution in [1.29, 1.82) is 0 Å². The van der Waals surface area contributed by atoms with Gasteiger partial charge in [-0.3, -0.25) is 4.90 Å². The monoisotopic (exact) mass is 260 g/mol. The van der Waals surface area contributed by atoms with Crippen LogP contribution in [0.4, 0.5) is 0 Å². The number of hydrogen-bond donors (Lipinski definition) is 2. The highest BCUT2D eigenvalue weighted by Crippen LogP contribution is 2.24. The second kappa shape index (κ2) is 6.41. The van der Waals surface area contributed by atoms with E-state index in [4.69, 9.17) is 0 Å². The van der Waals surface area contributed by atoms with Gasteiger partial charge in [0.2, 0.25) is 0 Å². The van der Waals surface area contributed by atoms with Crippen molar-refractivity contribution in [2.45, 2.75) is 57.6 Å². The predicted molar refractivity (Wildman–Crippen MR) is 76.7 cm³/mol. The second-order valence-electron chi connectivity index (χ2n) is 6.10. The largest absolute Gasteiger partial charge is 0.390 e. The minimum atomic E-state index is -0.271. The Morgan fingerprint density at radius 1 is 1.41 bits per heavy atom. The van der Waals surface area contributed by atoms with E-state index in [1.165, 1.54) is 5.75 Å². The molecule has 3 nitrogen and oxygen atoms in total. The molecule has 1 fully saturated rings. The number of hydrogen-bond acceptors (Lipinski definition) is 4. The summed E-state index contributed by atoms with van der Waals surface area (Å²) in [6, 6.07) is 0.568. The normalized spacial score (nSPS) is 29.3. The van der Waals surface area contributed by atoms with E-state index in [-0.39, 0.29) is 11.6 Å². The number of aliphatic hydroxyl groups excluding tert-OH is 1. The van der Waals surface area contributed by atoms with Gasteiger partial charge < -0.3 is 10.4 Å². The molecule has 102 valence electrons. The van der Waals surface area contributed by atoms with Gasteiger partial charge in [0.15, 0.2) is 0 Å². The molecule has 3 atom stereocenters. The predicted octanol–water partition coefficient (Wildman–Crippen LogP) is 1.56. The highest BCUT2D eigenvalue weighted by molar-refractivity contribution is 8.00. The third kappa shape index (κ3) is 5.60. The first-order valence-corrected chi connectivity index (χ1v) is 7.63. The molecule has 1 aliphatic heterocycles. The molecule has 0 aliphatic carbocycles. The van der Waals surface area contributed by atoms with Gasteiger partial charge >= 0.3 is 0 Å². The molecule has 0 aromatic rings. The molecule has 0 saturated carbocycles. The molecule has 1 saturated heterocycles. The van der Waals surface area contributed by atoms with Crippen molar-refractivity contribution in [1.82, 2.24) is 10.2 Å². The summed E-state index contributed by atoms with van der Waals surface area (Å²) in [5, 5.41) is 14.1. The van der Waals surface area contributed by atoms with Crippen molar-refractivity contribution < 1.29 is 5.11 Å². The molecule has 4 heteroatoms. The maximum Gasteiger partial charge on any atom is 0.0791 e. The highest BCUT2D eigenvalue weighted by Gasteiger charge is 2.26. The van der Waals surface area contributed by atoms with Crippen LogP contribution in [-0.4, -0.2) is 58.3 Å². The summed E-state index contributed by atoms with van der Waals surface area (Å²) in [6.07, 6.45) is -0.271. The summed E-state index contributed by atoms with van der Waals surface area (Å²) in [5.41, 5.74) is 0.0810. The van der Waals surface area contributed by atoms with E-state index in [9.17, 15) is 5.11 Å². The smallest absolute Gasteiger partial charge is 0.0791 e. The first-order chi connectivity index (χ1) is 7.79. The van der Waals surface area contributed by atoms with Crippen LogP contribution >= 0.6 is 11.8 Å². The van der Waals surface area contributed by atoms with Gasteiger partial charge in [-0.15, -0.1) is 0 Å². The summed E-state index contributed by atoms with van der Waals surface area (Å²) in [7, 11) is 0. The Bertz CT molecular complexity index is 230. The number of thioether (sulfide) groups is 1. The molecule has 0 amide bonds. The maximum absolute atomic E-state index is 10.1. The zero-order valence-corrected chi connectivity index (χ0v) is 12.7. The topological polar surface area (TPSA) is 35.5 Å². The average Bonchev–Trinajstić information content (AvgIpc) is 2.21. The van der Waals surface area contributed by atoms with E-state index in [2.05, 4.69) is 44.8 Å². The molecule has 0 radical (unpaired) electrons. The maximum atomic E-state index is 10.1. The Kier molecular flexibility index (Phi) is 5.77. The molecular weight excluding hydrogens is 232 g/mol. The minimum Gasteiger partial charge on any atom is -0.390 e. The Hall–Kier alpha value is 0.230. The third-order valence-corrected chi connectivity index (χ3v) is 4.67. The Morgan fingerprint density at radius 2 is 2.06 bits per heavy atom. The van der Waals surface area contributed by atoms with E-state index in [0.29, 0.717) is 17.8 Å². The molecule has 0 bridgehead atoms. The van der Waals surface area contributed by atoms with Crippen LogP contribution in [0.15, 0.2) is 0 Å². The summed E-state index contributed by atoms with van der Waals surface area (Å²) in [5.74, 6) is 1.19. The van der Waals surface area contributed by atoms with Gasteiger partial charge in [0, 0.05) is 42.2 Å². The molecule has 1 rings (SSSR count). The standard InChI is InChI=1S/C13H28N2OS/c1-10-11(2)17-7-6-15(10)9-12(16)8-14-13(3,4)5/h10-12,14,16H,6-9H2,1-5H3. The minimum absolute atomic E-state index is 0.0810. The summed E-state index contributed by atoms with van der Waals surface area (Å²) in [6.45, 7) is 13.5. The Morgan fingerprint density at radius 3 is 2.65 bits per heavy atom. The molecule has 0 aromatic heterocycles. The van der Waals surface area contributed by atoms with Crippen molar-refractivity contribution in [3.63, 3.8) is 0 Å². The van der Waals surface area contributed by atoms with Crippen LogP contribution in [0.2, 0.25) is 0 Å². The quantitative estimate of drug-likeness (QED) is 0.804. The van der Waals surface area contributed by atoms with E-state index >= 15 is 0 Å². The highest BCUT2D eigenvalue weighted by atomic mass is 32.2. The first-order valence-electron chi connectivity index (χ1n) is 6.58. The number of nitrogens with one attached hydrogen (secondary N) is 1. The lowest BCUT2D eigenvalue weighted by Crippen LogP contribution is -2.50. The fourth-order valence-electron chi connectivity index (χ4n) is 2.01. The molecule has 2 N–H and O–H groups in total. The van der Waals surface area contributed by atoms with Crippen LogP contribution in [0.3, 0.4) is 0 Å². The van der Waals surface area contributed by atoms with Crippen LogP contribution in [0, 0.1) is 0 Å². The number of nitrogens with zero attached hydrogens (tertiary/aromatic N) is 1. The van der Waals surface area contributed by atoms with Gasteiger partial charge in [-0.2, -0.15) is 11.8 Å². The lowest BCUT2D eigenvalue weighted by atomic mass is 10.1. The molecule has 3 unspecified atom stereocenters. The summed E-state index contributed by atoms with van der Waals surface area (Å²) in [4.78, 5) is 2.41. The number of aliphatic hydroxyl groups is 1. The SMILES string of the molecule is CC1SCCN(CC(O)CNC(C)(C)C)C1C. The Labute approximate surface area is 110 Å². The van der Waals surface area contributed by atoms with Gasteiger partial charge in [-0.1, -0.05) is 6.92 Å². The average molecular weight is 260 g/mol. The molecular formula is C13H28N2OS. The zero-order valence-electron chi connectivity index (χ0n) is 11.9. The van der Waals surface area contributed by atoms with Gasteiger partial charge in [0.05, 0.1) is 6.10 Å².